The molecule has 3 rings (SSSR count). The molecule has 1 heterocycles. The van der Waals surface area contributed by atoms with E-state index < -0.39 is 11.8 Å². The number of carbonyl (C=O) groups is 1. The Bertz CT molecular complexity index is 854. The Morgan fingerprint density at radius 2 is 1.83 bits per heavy atom. The Kier molecular flexibility index (Phi) is 4.47. The second-order valence-electron chi connectivity index (χ2n) is 5.18. The molecule has 6 heteroatoms. The van der Waals surface area contributed by atoms with Gasteiger partial charge in [0, 0.05) is 0 Å². The van der Waals surface area contributed by atoms with Gasteiger partial charge in [-0.15, -0.1) is 0 Å². The maximum absolute atomic E-state index is 14.3. The third-order valence-electron chi connectivity index (χ3n) is 3.37. The number of anilines is 3. The number of aryl methyl sites for hydroxylation is 1. The molecule has 120 valence electrons. The van der Waals surface area contributed by atoms with Gasteiger partial charge in [0.1, 0.15) is 12.1 Å². The first-order chi connectivity index (χ1) is 11.6. The van der Waals surface area contributed by atoms with Crippen molar-refractivity contribution in [3.8, 4) is 0 Å². The van der Waals surface area contributed by atoms with E-state index in [1.807, 2.05) is 25.1 Å². The standard InChI is InChI=1S/C18H15FN4O/c1-13-5-4-6-15(9-13)23(17-8-3-2-7-16(17)19)18(24)22-14-10-20-12-21-11-14/h2-12H,1H3,(H,22,24). The minimum Gasteiger partial charge on any atom is -0.304 e. The van der Waals surface area contributed by atoms with Crippen LogP contribution in [0.3, 0.4) is 0 Å². The zero-order valence-corrected chi connectivity index (χ0v) is 13.0. The van der Waals surface area contributed by atoms with Crippen molar-refractivity contribution in [3.05, 3.63) is 78.6 Å². The molecular formula is C18H15FN4O. The number of hydrogen-bond acceptors (Lipinski definition) is 3. The van der Waals surface area contributed by atoms with Gasteiger partial charge in [0.15, 0.2) is 0 Å². The van der Waals surface area contributed by atoms with Crippen LogP contribution in [0.15, 0.2) is 67.3 Å². The summed E-state index contributed by atoms with van der Waals surface area (Å²) in [5.74, 6) is -0.488. The number of benzene rings is 2. The Morgan fingerprint density at radius 3 is 2.54 bits per heavy atom. The summed E-state index contributed by atoms with van der Waals surface area (Å²) in [5, 5.41) is 2.68. The molecule has 1 aromatic heterocycles. The average Bonchev–Trinajstić information content (AvgIpc) is 2.58. The summed E-state index contributed by atoms with van der Waals surface area (Å²) in [7, 11) is 0. The smallest absolute Gasteiger partial charge is 0.304 e. The summed E-state index contributed by atoms with van der Waals surface area (Å²) in [6, 6.07) is 12.9. The molecule has 0 aliphatic carbocycles. The summed E-state index contributed by atoms with van der Waals surface area (Å²) in [5.41, 5.74) is 2.12. The van der Waals surface area contributed by atoms with E-state index in [2.05, 4.69) is 15.3 Å². The lowest BCUT2D eigenvalue weighted by Crippen LogP contribution is -2.31. The van der Waals surface area contributed by atoms with Gasteiger partial charge in [0.2, 0.25) is 0 Å². The van der Waals surface area contributed by atoms with Crippen molar-refractivity contribution in [1.29, 1.82) is 0 Å². The molecule has 3 aromatic rings. The minimum absolute atomic E-state index is 0.164. The first-order valence-corrected chi connectivity index (χ1v) is 7.32. The zero-order valence-electron chi connectivity index (χ0n) is 13.0. The average molecular weight is 322 g/mol. The Morgan fingerprint density at radius 1 is 1.08 bits per heavy atom. The lowest BCUT2D eigenvalue weighted by atomic mass is 10.2. The lowest BCUT2D eigenvalue weighted by Gasteiger charge is -2.24. The molecule has 0 radical (unpaired) electrons. The number of carbonyl (C=O) groups excluding carboxylic acids is 1. The van der Waals surface area contributed by atoms with E-state index in [1.54, 1.807) is 24.3 Å². The van der Waals surface area contributed by atoms with Gasteiger partial charge in [-0.25, -0.2) is 19.2 Å². The number of amides is 2. The molecule has 0 fully saturated rings. The van der Waals surface area contributed by atoms with E-state index in [4.69, 9.17) is 0 Å². The molecule has 0 saturated heterocycles. The summed E-state index contributed by atoms with van der Waals surface area (Å²) in [6.07, 6.45) is 4.31. The fraction of sp³-hybridized carbons (Fsp3) is 0.0556. The Hall–Kier alpha value is -3.28. The number of halogens is 1. The van der Waals surface area contributed by atoms with Crippen molar-refractivity contribution in [1.82, 2.24) is 9.97 Å². The van der Waals surface area contributed by atoms with Crippen LogP contribution in [0.2, 0.25) is 0 Å². The van der Waals surface area contributed by atoms with Crippen molar-refractivity contribution in [3.63, 3.8) is 0 Å². The normalized spacial score (nSPS) is 10.2. The molecule has 0 unspecified atom stereocenters. The number of hydrogen-bond donors (Lipinski definition) is 1. The van der Waals surface area contributed by atoms with Crippen molar-refractivity contribution in [2.75, 3.05) is 10.2 Å². The molecular weight excluding hydrogens is 307 g/mol. The van der Waals surface area contributed by atoms with Gasteiger partial charge in [-0.1, -0.05) is 24.3 Å². The maximum atomic E-state index is 14.3. The molecule has 0 saturated carbocycles. The lowest BCUT2D eigenvalue weighted by molar-refractivity contribution is 0.258. The highest BCUT2D eigenvalue weighted by Gasteiger charge is 2.21. The van der Waals surface area contributed by atoms with Crippen LogP contribution in [0.25, 0.3) is 0 Å². The van der Waals surface area contributed by atoms with Crippen LogP contribution in [0.5, 0.6) is 0 Å². The second kappa shape index (κ2) is 6.87. The molecule has 0 aliphatic heterocycles. The van der Waals surface area contributed by atoms with E-state index >= 15 is 0 Å². The van der Waals surface area contributed by atoms with E-state index in [0.29, 0.717) is 11.4 Å². The molecule has 0 aliphatic rings. The van der Waals surface area contributed by atoms with E-state index in [0.717, 1.165) is 5.56 Å². The van der Waals surface area contributed by atoms with Gasteiger partial charge < -0.3 is 5.32 Å². The number of aromatic nitrogens is 2. The molecule has 2 aromatic carbocycles. The van der Waals surface area contributed by atoms with E-state index in [9.17, 15) is 9.18 Å². The third-order valence-corrected chi connectivity index (χ3v) is 3.37. The maximum Gasteiger partial charge on any atom is 0.331 e. The number of rotatable bonds is 3. The Balaban J connectivity index is 2.02. The first kappa shape index (κ1) is 15.6. The minimum atomic E-state index is -0.500. The molecule has 0 bridgehead atoms. The largest absolute Gasteiger partial charge is 0.331 e. The van der Waals surface area contributed by atoms with Crippen molar-refractivity contribution in [2.45, 2.75) is 6.92 Å². The Labute approximate surface area is 138 Å². The highest BCUT2D eigenvalue weighted by molar-refractivity contribution is 6.07. The number of nitrogens with one attached hydrogen (secondary N) is 1. The summed E-state index contributed by atoms with van der Waals surface area (Å²) < 4.78 is 14.3. The van der Waals surface area contributed by atoms with Crippen LogP contribution in [0.1, 0.15) is 5.56 Å². The predicted octanol–water partition coefficient (Wildman–Crippen LogP) is 4.29. The van der Waals surface area contributed by atoms with Gasteiger partial charge in [-0.05, 0) is 36.8 Å². The molecule has 0 spiro atoms. The topological polar surface area (TPSA) is 58.1 Å². The number of nitrogens with zero attached hydrogens (tertiary/aromatic N) is 3. The highest BCUT2D eigenvalue weighted by atomic mass is 19.1. The first-order valence-electron chi connectivity index (χ1n) is 7.32. The van der Waals surface area contributed by atoms with Gasteiger partial charge >= 0.3 is 6.03 Å². The predicted molar refractivity (Wildman–Crippen MR) is 90.8 cm³/mol. The van der Waals surface area contributed by atoms with Crippen LogP contribution in [-0.4, -0.2) is 16.0 Å². The fourth-order valence-corrected chi connectivity index (χ4v) is 2.31. The van der Waals surface area contributed by atoms with E-state index in [1.165, 1.54) is 29.7 Å². The number of para-hydroxylation sites is 1. The molecule has 2 amide bonds. The van der Waals surface area contributed by atoms with Crippen LogP contribution in [0.4, 0.5) is 26.2 Å². The summed E-state index contributed by atoms with van der Waals surface area (Å²) in [6.45, 7) is 1.91. The van der Waals surface area contributed by atoms with Crippen molar-refractivity contribution < 1.29 is 9.18 Å². The highest BCUT2D eigenvalue weighted by Crippen LogP contribution is 2.29. The molecule has 5 nitrogen and oxygen atoms in total. The van der Waals surface area contributed by atoms with Crippen LogP contribution in [0, 0.1) is 12.7 Å². The van der Waals surface area contributed by atoms with Crippen LogP contribution < -0.4 is 10.2 Å². The molecule has 0 atom stereocenters. The summed E-state index contributed by atoms with van der Waals surface area (Å²) >= 11 is 0. The van der Waals surface area contributed by atoms with Gasteiger partial charge in [-0.3, -0.25) is 4.90 Å². The zero-order chi connectivity index (χ0) is 16.9. The van der Waals surface area contributed by atoms with Crippen LogP contribution >= 0.6 is 0 Å². The fourth-order valence-electron chi connectivity index (χ4n) is 2.31. The van der Waals surface area contributed by atoms with Gasteiger partial charge in [-0.2, -0.15) is 0 Å². The molecule has 24 heavy (non-hydrogen) atoms. The SMILES string of the molecule is Cc1cccc(N(C(=O)Nc2cncnc2)c2ccccc2F)c1. The quantitative estimate of drug-likeness (QED) is 0.782. The second-order valence-corrected chi connectivity index (χ2v) is 5.18. The van der Waals surface area contributed by atoms with Crippen LogP contribution in [-0.2, 0) is 0 Å². The van der Waals surface area contributed by atoms with Crippen molar-refractivity contribution >= 4 is 23.1 Å². The monoisotopic (exact) mass is 322 g/mol. The summed E-state index contributed by atoms with van der Waals surface area (Å²) in [4.78, 5) is 21.8. The molecule has 1 N–H and O–H groups in total. The van der Waals surface area contributed by atoms with E-state index in [-0.39, 0.29) is 5.69 Å². The van der Waals surface area contributed by atoms with Gasteiger partial charge in [0.05, 0.1) is 29.5 Å². The number of urea groups is 1. The van der Waals surface area contributed by atoms with Crippen molar-refractivity contribution in [2.24, 2.45) is 0 Å². The third kappa shape index (κ3) is 3.38. The van der Waals surface area contributed by atoms with Gasteiger partial charge in [0.25, 0.3) is 0 Å².